The fourth-order valence-corrected chi connectivity index (χ4v) is 0.948. The molecule has 0 aliphatic rings. The Morgan fingerprint density at radius 3 is 2.62 bits per heavy atom. The molecular weight excluding hydrogens is 130 g/mol. The molecule has 0 amide bonds. The summed E-state index contributed by atoms with van der Waals surface area (Å²) >= 11 is 1.23. The Morgan fingerprint density at radius 1 is 1.62 bits per heavy atom. The second-order valence-corrected chi connectivity index (χ2v) is 2.02. The van der Waals surface area contributed by atoms with Gasteiger partial charge in [-0.3, -0.25) is 0 Å². The molecule has 1 heterocycles. The number of alkyl halides is 2. The maximum absolute atomic E-state index is 11.6. The van der Waals surface area contributed by atoms with E-state index >= 15 is 0 Å². The maximum Gasteiger partial charge on any atom is 0.265 e. The summed E-state index contributed by atoms with van der Waals surface area (Å²) < 4.78 is 23.2. The summed E-state index contributed by atoms with van der Waals surface area (Å²) in [6, 6.07) is 2.41. The molecule has 0 saturated heterocycles. The molecule has 0 bridgehead atoms. The Bertz CT molecular complexity index is 145. The maximum atomic E-state index is 11.6. The fraction of sp³-hybridized carbons (Fsp3) is 0.200. The highest BCUT2D eigenvalue weighted by molar-refractivity contribution is 7.07. The van der Waals surface area contributed by atoms with Crippen molar-refractivity contribution in [2.45, 2.75) is 6.43 Å². The van der Waals surface area contributed by atoms with Gasteiger partial charge in [0, 0.05) is 17.0 Å². The number of hydrogen-bond donors (Lipinski definition) is 0. The lowest BCUT2D eigenvalue weighted by Gasteiger charge is -1.87. The van der Waals surface area contributed by atoms with Crippen LogP contribution in [0.1, 0.15) is 12.0 Å². The van der Waals surface area contributed by atoms with Gasteiger partial charge in [-0.05, 0) is 5.38 Å². The molecule has 0 saturated carbocycles. The zero-order valence-electron chi connectivity index (χ0n) is 3.90. The molecule has 8 heavy (non-hydrogen) atoms. The van der Waals surface area contributed by atoms with E-state index in [0.29, 0.717) is 0 Å². The van der Waals surface area contributed by atoms with Crippen molar-refractivity contribution in [1.29, 1.82) is 0 Å². The summed E-state index contributed by atoms with van der Waals surface area (Å²) in [7, 11) is 0. The van der Waals surface area contributed by atoms with Gasteiger partial charge in [-0.1, -0.05) is 0 Å². The molecule has 0 spiro atoms. The first kappa shape index (κ1) is 5.69. The molecule has 0 aliphatic carbocycles. The molecule has 1 radical (unpaired) electrons. The molecule has 0 aromatic carbocycles. The van der Waals surface area contributed by atoms with Crippen LogP contribution in [0.15, 0.2) is 10.8 Å². The minimum absolute atomic E-state index is 0.00463. The van der Waals surface area contributed by atoms with E-state index in [-0.39, 0.29) is 5.56 Å². The van der Waals surface area contributed by atoms with Gasteiger partial charge in [0.2, 0.25) is 0 Å². The largest absolute Gasteiger partial charge is 0.265 e. The molecule has 1 aromatic rings. The van der Waals surface area contributed by atoms with Crippen LogP contribution in [0.3, 0.4) is 0 Å². The topological polar surface area (TPSA) is 0 Å². The lowest BCUT2D eigenvalue weighted by molar-refractivity contribution is 0.151. The van der Waals surface area contributed by atoms with Crippen molar-refractivity contribution >= 4 is 11.3 Å². The Kier molecular flexibility index (Phi) is 1.58. The van der Waals surface area contributed by atoms with Crippen LogP contribution in [0, 0.1) is 6.07 Å². The summed E-state index contributed by atoms with van der Waals surface area (Å²) in [5, 5.41) is 2.91. The number of rotatable bonds is 1. The molecule has 0 fully saturated rings. The Labute approximate surface area is 49.8 Å². The molecule has 0 aliphatic heterocycles. The van der Waals surface area contributed by atoms with E-state index in [1.807, 2.05) is 0 Å². The van der Waals surface area contributed by atoms with Crippen LogP contribution in [-0.2, 0) is 0 Å². The third-order valence-corrected chi connectivity index (χ3v) is 1.37. The predicted octanol–water partition coefficient (Wildman–Crippen LogP) is 2.49. The summed E-state index contributed by atoms with van der Waals surface area (Å²) in [5.41, 5.74) is -0.00463. The monoisotopic (exact) mass is 133 g/mol. The molecular formula is C5H3F2S. The van der Waals surface area contributed by atoms with Gasteiger partial charge in [0.05, 0.1) is 0 Å². The second-order valence-electron chi connectivity index (χ2n) is 1.27. The van der Waals surface area contributed by atoms with E-state index in [1.165, 1.54) is 22.1 Å². The van der Waals surface area contributed by atoms with Crippen LogP contribution in [0.4, 0.5) is 8.78 Å². The van der Waals surface area contributed by atoms with E-state index in [2.05, 4.69) is 6.07 Å². The van der Waals surface area contributed by atoms with Crippen molar-refractivity contribution in [2.75, 3.05) is 0 Å². The van der Waals surface area contributed by atoms with Crippen LogP contribution in [0.5, 0.6) is 0 Å². The van der Waals surface area contributed by atoms with Gasteiger partial charge >= 0.3 is 0 Å². The van der Waals surface area contributed by atoms with Crippen LogP contribution in [0.2, 0.25) is 0 Å². The van der Waals surface area contributed by atoms with E-state index < -0.39 is 6.43 Å². The lowest BCUT2D eigenvalue weighted by atomic mass is 10.4. The highest BCUT2D eigenvalue weighted by atomic mass is 32.1. The van der Waals surface area contributed by atoms with Crippen molar-refractivity contribution in [3.05, 3.63) is 22.4 Å². The highest BCUT2D eigenvalue weighted by Gasteiger charge is 2.04. The predicted molar refractivity (Wildman–Crippen MR) is 28.1 cm³/mol. The minimum Gasteiger partial charge on any atom is -0.205 e. The lowest BCUT2D eigenvalue weighted by Crippen LogP contribution is -1.74. The van der Waals surface area contributed by atoms with Crippen molar-refractivity contribution in [1.82, 2.24) is 0 Å². The van der Waals surface area contributed by atoms with Crippen molar-refractivity contribution < 1.29 is 8.78 Å². The normalized spacial score (nSPS) is 10.4. The van der Waals surface area contributed by atoms with Crippen molar-refractivity contribution in [2.24, 2.45) is 0 Å². The van der Waals surface area contributed by atoms with Gasteiger partial charge in [-0.25, -0.2) is 8.78 Å². The highest BCUT2D eigenvalue weighted by Crippen LogP contribution is 2.19. The molecule has 0 atom stereocenters. The number of thiophene rings is 1. The zero-order chi connectivity index (χ0) is 5.98. The van der Waals surface area contributed by atoms with E-state index in [9.17, 15) is 8.78 Å². The minimum atomic E-state index is -2.36. The Balaban J connectivity index is 2.77. The van der Waals surface area contributed by atoms with Gasteiger partial charge < -0.3 is 0 Å². The first-order valence-electron chi connectivity index (χ1n) is 2.02. The van der Waals surface area contributed by atoms with Crippen LogP contribution < -0.4 is 0 Å². The van der Waals surface area contributed by atoms with Crippen LogP contribution in [-0.4, -0.2) is 0 Å². The standard InChI is InChI=1S/C5H3F2S/c6-5(7)4-1-2-8-3-4/h2-3,5H. The van der Waals surface area contributed by atoms with Gasteiger partial charge in [-0.15, -0.1) is 0 Å². The van der Waals surface area contributed by atoms with Gasteiger partial charge in [0.15, 0.2) is 0 Å². The third-order valence-electron chi connectivity index (χ3n) is 0.724. The third kappa shape index (κ3) is 1.04. The van der Waals surface area contributed by atoms with Gasteiger partial charge in [-0.2, -0.15) is 11.3 Å². The van der Waals surface area contributed by atoms with Gasteiger partial charge in [0.1, 0.15) is 0 Å². The molecule has 0 unspecified atom stereocenters. The average molecular weight is 133 g/mol. The SMILES string of the molecule is FC(F)c1[c]csc1. The smallest absolute Gasteiger partial charge is 0.205 e. The summed E-state index contributed by atoms with van der Waals surface area (Å²) in [4.78, 5) is 0. The average Bonchev–Trinajstić information content (AvgIpc) is 2.12. The first-order chi connectivity index (χ1) is 3.80. The second kappa shape index (κ2) is 2.22. The molecule has 1 aromatic heterocycles. The Hall–Kier alpha value is -0.440. The molecule has 3 heteroatoms. The van der Waals surface area contributed by atoms with Crippen LogP contribution >= 0.6 is 11.3 Å². The first-order valence-corrected chi connectivity index (χ1v) is 2.97. The molecule has 1 rings (SSSR count). The summed E-state index contributed by atoms with van der Waals surface area (Å²) in [5.74, 6) is 0. The summed E-state index contributed by atoms with van der Waals surface area (Å²) in [6.07, 6.45) is -2.36. The van der Waals surface area contributed by atoms with Crippen molar-refractivity contribution in [3.63, 3.8) is 0 Å². The molecule has 0 nitrogen and oxygen atoms in total. The van der Waals surface area contributed by atoms with Crippen molar-refractivity contribution in [3.8, 4) is 0 Å². The van der Waals surface area contributed by atoms with E-state index in [1.54, 1.807) is 0 Å². The Morgan fingerprint density at radius 2 is 2.38 bits per heavy atom. The number of hydrogen-bond acceptors (Lipinski definition) is 1. The number of halogens is 2. The molecule has 43 valence electrons. The molecule has 0 N–H and O–H groups in total. The van der Waals surface area contributed by atoms with Crippen LogP contribution in [0.25, 0.3) is 0 Å². The summed E-state index contributed by atoms with van der Waals surface area (Å²) in [6.45, 7) is 0. The fourth-order valence-electron chi connectivity index (χ4n) is 0.358. The van der Waals surface area contributed by atoms with E-state index in [0.717, 1.165) is 0 Å². The van der Waals surface area contributed by atoms with Gasteiger partial charge in [0.25, 0.3) is 6.43 Å². The zero-order valence-corrected chi connectivity index (χ0v) is 4.71. The van der Waals surface area contributed by atoms with E-state index in [4.69, 9.17) is 0 Å². The quantitative estimate of drug-likeness (QED) is 0.552.